The Morgan fingerprint density at radius 2 is 1.92 bits per heavy atom. The van der Waals surface area contributed by atoms with Gasteiger partial charge in [-0.3, -0.25) is 14.8 Å². The molecule has 0 radical (unpaired) electrons. The number of nitrogens with one attached hydrogen (secondary N) is 1. The van der Waals surface area contributed by atoms with Crippen molar-refractivity contribution in [3.63, 3.8) is 0 Å². The van der Waals surface area contributed by atoms with Crippen molar-refractivity contribution in [1.29, 1.82) is 0 Å². The smallest absolute Gasteiger partial charge is 0.250 e. The fourth-order valence-corrected chi connectivity index (χ4v) is 7.06. The van der Waals surface area contributed by atoms with E-state index in [4.69, 9.17) is 17.3 Å². The van der Waals surface area contributed by atoms with E-state index in [1.807, 2.05) is 12.3 Å². The Balaban J connectivity index is 1.31. The molecule has 2 aromatic heterocycles. The van der Waals surface area contributed by atoms with Crippen LogP contribution in [0, 0.1) is 0 Å². The maximum Gasteiger partial charge on any atom is 0.250 e. The highest BCUT2D eigenvalue weighted by Crippen LogP contribution is 2.40. The number of carbonyl (C=O) groups is 1. The number of benzene rings is 2. The van der Waals surface area contributed by atoms with Gasteiger partial charge in [0.05, 0.1) is 22.9 Å². The summed E-state index contributed by atoms with van der Waals surface area (Å²) in [5.74, 6) is -0.557. The van der Waals surface area contributed by atoms with E-state index in [-0.39, 0.29) is 17.7 Å². The largest absolute Gasteiger partial charge is 0.395 e. The minimum Gasteiger partial charge on any atom is -0.395 e. The third-order valence-corrected chi connectivity index (χ3v) is 9.36. The number of aryl methyl sites for hydroxylation is 2. The van der Waals surface area contributed by atoms with E-state index < -0.39 is 5.91 Å². The fourth-order valence-electron chi connectivity index (χ4n) is 6.78. The van der Waals surface area contributed by atoms with Gasteiger partial charge in [-0.25, -0.2) is 4.98 Å². The van der Waals surface area contributed by atoms with Crippen LogP contribution in [0.2, 0.25) is 5.02 Å². The summed E-state index contributed by atoms with van der Waals surface area (Å²) in [4.78, 5) is 18.9. The third kappa shape index (κ3) is 4.62. The summed E-state index contributed by atoms with van der Waals surface area (Å²) >= 11 is 6.32. The van der Waals surface area contributed by atoms with Crippen molar-refractivity contribution in [3.8, 4) is 22.4 Å². The molecule has 0 spiro atoms. The van der Waals surface area contributed by atoms with Crippen LogP contribution in [-0.2, 0) is 12.8 Å². The molecule has 202 valence electrons. The number of rotatable bonds is 6. The van der Waals surface area contributed by atoms with Gasteiger partial charge in [0.25, 0.3) is 0 Å². The molecule has 1 fully saturated rings. The van der Waals surface area contributed by atoms with Gasteiger partial charge >= 0.3 is 0 Å². The number of nitrogens with two attached hydrogens (primary N) is 1. The van der Waals surface area contributed by atoms with Crippen LogP contribution in [0.15, 0.2) is 48.7 Å². The molecule has 4 N–H and O–H groups in total. The van der Waals surface area contributed by atoms with Crippen LogP contribution in [0.5, 0.6) is 0 Å². The number of aliphatic hydroxyl groups excluding tert-OH is 1. The van der Waals surface area contributed by atoms with Crippen LogP contribution in [0.1, 0.15) is 60.5 Å². The van der Waals surface area contributed by atoms with E-state index in [1.54, 1.807) is 12.1 Å². The van der Waals surface area contributed by atoms with Gasteiger partial charge in [0.15, 0.2) is 5.65 Å². The lowest BCUT2D eigenvalue weighted by Gasteiger charge is -2.44. The summed E-state index contributed by atoms with van der Waals surface area (Å²) in [6, 6.07) is 14.4. The van der Waals surface area contributed by atoms with Crippen LogP contribution in [-0.4, -0.2) is 55.8 Å². The molecular formula is C31H34ClN5O2. The lowest BCUT2D eigenvalue weighted by Crippen LogP contribution is -2.52. The van der Waals surface area contributed by atoms with Crippen molar-refractivity contribution < 1.29 is 9.90 Å². The van der Waals surface area contributed by atoms with Gasteiger partial charge in [-0.1, -0.05) is 42.8 Å². The van der Waals surface area contributed by atoms with Gasteiger partial charge < -0.3 is 10.8 Å². The van der Waals surface area contributed by atoms with Crippen LogP contribution in [0.3, 0.4) is 0 Å². The summed E-state index contributed by atoms with van der Waals surface area (Å²) in [5.41, 5.74) is 13.1. The Hall–Kier alpha value is -3.26. The average molecular weight is 544 g/mol. The van der Waals surface area contributed by atoms with Crippen LogP contribution < -0.4 is 5.73 Å². The van der Waals surface area contributed by atoms with Gasteiger partial charge in [0.2, 0.25) is 5.91 Å². The molecule has 3 heterocycles. The zero-order valence-electron chi connectivity index (χ0n) is 22.2. The Bertz CT molecular complexity index is 1550. The minimum atomic E-state index is -0.557. The second-order valence-electron chi connectivity index (χ2n) is 11.0. The first kappa shape index (κ1) is 26.0. The maximum absolute atomic E-state index is 11.6. The van der Waals surface area contributed by atoms with Gasteiger partial charge in [0.1, 0.15) is 0 Å². The third-order valence-electron chi connectivity index (χ3n) is 9.05. The molecule has 0 saturated carbocycles. The number of hydrogen-bond donors (Lipinski definition) is 3. The van der Waals surface area contributed by atoms with Crippen molar-refractivity contribution in [2.24, 2.45) is 5.73 Å². The fraction of sp³-hybridized carbons (Fsp3) is 0.387. The Labute approximate surface area is 233 Å². The lowest BCUT2D eigenvalue weighted by atomic mass is 9.84. The number of fused-ring (bicyclic) bond motifs is 2. The van der Waals surface area contributed by atoms with E-state index >= 15 is 0 Å². The molecule has 2 atom stereocenters. The SMILES string of the molecule is CCC1(N2CCC[C@@H]2CO)CCc2ccc(-c3cnc4n[nH]c(-c5ccc(C(N)=O)c(Cl)c5)c4c3)cc2CC1. The number of pyridine rings is 1. The van der Waals surface area contributed by atoms with Crippen molar-refractivity contribution >= 4 is 28.5 Å². The van der Waals surface area contributed by atoms with E-state index in [1.165, 1.54) is 17.5 Å². The van der Waals surface area contributed by atoms with E-state index in [0.717, 1.165) is 72.8 Å². The number of primary amides is 1. The molecule has 1 aliphatic heterocycles. The zero-order valence-corrected chi connectivity index (χ0v) is 23.0. The predicted octanol–water partition coefficient (Wildman–Crippen LogP) is 5.53. The van der Waals surface area contributed by atoms with Crippen LogP contribution in [0.4, 0.5) is 0 Å². The van der Waals surface area contributed by atoms with E-state index in [9.17, 15) is 9.90 Å². The second-order valence-corrected chi connectivity index (χ2v) is 11.4. The predicted molar refractivity (Wildman–Crippen MR) is 155 cm³/mol. The molecule has 8 heteroatoms. The number of H-pyrrole nitrogens is 1. The second kappa shape index (κ2) is 10.4. The molecule has 1 saturated heterocycles. The summed E-state index contributed by atoms with van der Waals surface area (Å²) in [6.45, 7) is 3.66. The molecular weight excluding hydrogens is 510 g/mol. The number of carbonyl (C=O) groups excluding carboxylic acids is 1. The van der Waals surface area contributed by atoms with Crippen LogP contribution >= 0.6 is 11.6 Å². The Morgan fingerprint density at radius 3 is 2.67 bits per heavy atom. The average Bonchev–Trinajstić information content (AvgIpc) is 3.56. The van der Waals surface area contributed by atoms with Crippen molar-refractivity contribution in [2.75, 3.05) is 13.2 Å². The molecule has 0 bridgehead atoms. The number of halogens is 1. The number of likely N-dealkylation sites (tertiary alicyclic amines) is 1. The normalized spacial score (nSPS) is 21.7. The van der Waals surface area contributed by atoms with Gasteiger partial charge in [-0.2, -0.15) is 5.10 Å². The Kier molecular flexibility index (Phi) is 6.91. The first-order chi connectivity index (χ1) is 18.9. The quantitative estimate of drug-likeness (QED) is 0.277. The molecule has 6 rings (SSSR count). The number of aliphatic hydroxyl groups is 1. The summed E-state index contributed by atoms with van der Waals surface area (Å²) in [5, 5.41) is 18.7. The highest BCUT2D eigenvalue weighted by Gasteiger charge is 2.41. The number of nitrogens with zero attached hydrogens (tertiary/aromatic N) is 3. The molecule has 2 aromatic carbocycles. The standard InChI is InChI=1S/C31H34ClN5O2/c1-2-31(37-13-3-4-24(37)18-38)11-9-19-5-6-20(14-21(19)10-12-31)23-15-26-28(35-36-30(26)34-17-23)22-7-8-25(29(33)39)27(32)16-22/h5-8,14-17,24,38H,2-4,9-13,18H2,1H3,(H2,33,39)(H,34,35,36)/t24-,31?/m1/s1. The van der Waals surface area contributed by atoms with Crippen molar-refractivity contribution in [3.05, 3.63) is 70.4 Å². The number of aromatic amines is 1. The first-order valence-corrected chi connectivity index (χ1v) is 14.2. The molecule has 1 unspecified atom stereocenters. The summed E-state index contributed by atoms with van der Waals surface area (Å²) in [7, 11) is 0. The topological polar surface area (TPSA) is 108 Å². The molecule has 4 aromatic rings. The number of amides is 1. The Morgan fingerprint density at radius 1 is 1.13 bits per heavy atom. The maximum atomic E-state index is 11.6. The molecule has 39 heavy (non-hydrogen) atoms. The van der Waals surface area contributed by atoms with Crippen molar-refractivity contribution in [1.82, 2.24) is 20.1 Å². The summed E-state index contributed by atoms with van der Waals surface area (Å²) in [6.07, 6.45) is 9.60. The number of hydrogen-bond acceptors (Lipinski definition) is 5. The zero-order chi connectivity index (χ0) is 27.1. The highest BCUT2D eigenvalue weighted by atomic mass is 35.5. The van der Waals surface area contributed by atoms with Crippen LogP contribution in [0.25, 0.3) is 33.4 Å². The first-order valence-electron chi connectivity index (χ1n) is 13.9. The van der Waals surface area contributed by atoms with E-state index in [2.05, 4.69) is 51.3 Å². The molecule has 1 amide bonds. The molecule has 7 nitrogen and oxygen atoms in total. The molecule has 2 aliphatic rings. The van der Waals surface area contributed by atoms with Gasteiger partial charge in [0, 0.05) is 34.3 Å². The summed E-state index contributed by atoms with van der Waals surface area (Å²) < 4.78 is 0. The highest BCUT2D eigenvalue weighted by molar-refractivity contribution is 6.34. The minimum absolute atomic E-state index is 0.153. The van der Waals surface area contributed by atoms with E-state index in [0.29, 0.717) is 16.7 Å². The lowest BCUT2D eigenvalue weighted by molar-refractivity contribution is 0.0310. The van der Waals surface area contributed by atoms with Gasteiger partial charge in [-0.15, -0.1) is 0 Å². The molecule has 1 aliphatic carbocycles. The monoisotopic (exact) mass is 543 g/mol. The van der Waals surface area contributed by atoms with Gasteiger partial charge in [-0.05, 0) is 86.4 Å². The van der Waals surface area contributed by atoms with Crippen molar-refractivity contribution in [2.45, 2.75) is 63.5 Å². The number of aromatic nitrogens is 3.